The van der Waals surface area contributed by atoms with Crippen molar-refractivity contribution in [2.45, 2.75) is 38.6 Å². The number of carbonyl (C=O) groups excluding carboxylic acids is 2. The van der Waals surface area contributed by atoms with Crippen molar-refractivity contribution in [1.82, 2.24) is 16.0 Å². The highest BCUT2D eigenvalue weighted by molar-refractivity contribution is 5.87. The van der Waals surface area contributed by atoms with Crippen LogP contribution in [0.15, 0.2) is 0 Å². The highest BCUT2D eigenvalue weighted by Crippen LogP contribution is 2.06. The molecule has 6 heteroatoms. The number of halogens is 1. The standard InChI is InChI=1S/C11H21N3O2.ClH/c1-2-6-13-10(15)8-14-11(16)9-5-3-4-7-12-9;/h9,12H,2-8H2,1H3,(H,13,15)(H,14,16);1H/t9-;/m1./s1. The summed E-state index contributed by atoms with van der Waals surface area (Å²) in [5.74, 6) is -0.183. The molecule has 17 heavy (non-hydrogen) atoms. The van der Waals surface area contributed by atoms with Gasteiger partial charge in [-0.05, 0) is 25.8 Å². The molecule has 3 N–H and O–H groups in total. The third kappa shape index (κ3) is 6.48. The smallest absolute Gasteiger partial charge is 0.239 e. The van der Waals surface area contributed by atoms with E-state index in [2.05, 4.69) is 16.0 Å². The summed E-state index contributed by atoms with van der Waals surface area (Å²) in [6.07, 6.45) is 3.97. The Hall–Kier alpha value is -0.810. The Labute approximate surface area is 109 Å². The van der Waals surface area contributed by atoms with Gasteiger partial charge in [-0.1, -0.05) is 13.3 Å². The van der Waals surface area contributed by atoms with Crippen molar-refractivity contribution in [3.05, 3.63) is 0 Å². The van der Waals surface area contributed by atoms with Gasteiger partial charge in [0, 0.05) is 6.54 Å². The van der Waals surface area contributed by atoms with Crippen LogP contribution in [0.3, 0.4) is 0 Å². The van der Waals surface area contributed by atoms with Gasteiger partial charge in [0.1, 0.15) is 0 Å². The highest BCUT2D eigenvalue weighted by atomic mass is 35.5. The lowest BCUT2D eigenvalue weighted by atomic mass is 10.0. The number of hydrogen-bond acceptors (Lipinski definition) is 3. The van der Waals surface area contributed by atoms with Gasteiger partial charge in [-0.25, -0.2) is 0 Å². The second-order valence-electron chi connectivity index (χ2n) is 4.07. The van der Waals surface area contributed by atoms with Crippen LogP contribution >= 0.6 is 12.4 Å². The molecule has 1 rings (SSSR count). The summed E-state index contributed by atoms with van der Waals surface area (Å²) in [7, 11) is 0. The zero-order valence-electron chi connectivity index (χ0n) is 10.3. The minimum absolute atomic E-state index is 0. The Morgan fingerprint density at radius 2 is 2.06 bits per heavy atom. The van der Waals surface area contributed by atoms with Crippen LogP contribution in [0.25, 0.3) is 0 Å². The number of hydrogen-bond donors (Lipinski definition) is 3. The second-order valence-corrected chi connectivity index (χ2v) is 4.07. The van der Waals surface area contributed by atoms with E-state index in [0.29, 0.717) is 6.54 Å². The number of rotatable bonds is 5. The monoisotopic (exact) mass is 263 g/mol. The van der Waals surface area contributed by atoms with Gasteiger partial charge in [0.05, 0.1) is 12.6 Å². The summed E-state index contributed by atoms with van der Waals surface area (Å²) in [6, 6.07) is -0.118. The summed E-state index contributed by atoms with van der Waals surface area (Å²) in [6.45, 7) is 3.62. The quantitative estimate of drug-likeness (QED) is 0.663. The van der Waals surface area contributed by atoms with Gasteiger partial charge in [0.15, 0.2) is 0 Å². The lowest BCUT2D eigenvalue weighted by Crippen LogP contribution is -2.49. The van der Waals surface area contributed by atoms with Crippen molar-refractivity contribution in [3.63, 3.8) is 0 Å². The van der Waals surface area contributed by atoms with Crippen LogP contribution < -0.4 is 16.0 Å². The van der Waals surface area contributed by atoms with Gasteiger partial charge in [-0.15, -0.1) is 12.4 Å². The predicted octanol–water partition coefficient (Wildman–Crippen LogP) is 0.193. The molecule has 0 radical (unpaired) electrons. The van der Waals surface area contributed by atoms with Gasteiger partial charge in [0.2, 0.25) is 11.8 Å². The molecular formula is C11H22ClN3O2. The summed E-state index contributed by atoms with van der Waals surface area (Å²) in [5, 5.41) is 8.51. The molecule has 2 amide bonds. The minimum Gasteiger partial charge on any atom is -0.355 e. The molecule has 1 saturated heterocycles. The number of piperidine rings is 1. The molecule has 0 aromatic heterocycles. The molecule has 0 unspecified atom stereocenters. The summed E-state index contributed by atoms with van der Waals surface area (Å²) < 4.78 is 0. The third-order valence-corrected chi connectivity index (χ3v) is 2.62. The lowest BCUT2D eigenvalue weighted by Gasteiger charge is -2.22. The number of carbonyl (C=O) groups is 2. The zero-order chi connectivity index (χ0) is 11.8. The molecule has 1 fully saturated rings. The van der Waals surface area contributed by atoms with E-state index < -0.39 is 0 Å². The Kier molecular flexibility index (Phi) is 8.80. The molecule has 1 heterocycles. The molecule has 100 valence electrons. The topological polar surface area (TPSA) is 70.2 Å². The van der Waals surface area contributed by atoms with E-state index in [9.17, 15) is 9.59 Å². The van der Waals surface area contributed by atoms with Crippen molar-refractivity contribution < 1.29 is 9.59 Å². The van der Waals surface area contributed by atoms with Crippen LogP contribution in [0, 0.1) is 0 Å². The minimum atomic E-state index is -0.119. The van der Waals surface area contributed by atoms with E-state index >= 15 is 0 Å². The molecule has 5 nitrogen and oxygen atoms in total. The molecular weight excluding hydrogens is 242 g/mol. The third-order valence-electron chi connectivity index (χ3n) is 2.62. The number of nitrogens with one attached hydrogen (secondary N) is 3. The van der Waals surface area contributed by atoms with Crippen LogP contribution in [0.5, 0.6) is 0 Å². The normalized spacial score (nSPS) is 19.0. The average molecular weight is 264 g/mol. The van der Waals surface area contributed by atoms with Crippen molar-refractivity contribution in [1.29, 1.82) is 0 Å². The van der Waals surface area contributed by atoms with E-state index in [1.807, 2.05) is 6.92 Å². The fourth-order valence-corrected chi connectivity index (χ4v) is 1.69. The van der Waals surface area contributed by atoms with Crippen LogP contribution in [0.4, 0.5) is 0 Å². The molecule has 0 bridgehead atoms. The van der Waals surface area contributed by atoms with E-state index in [-0.39, 0.29) is 36.8 Å². The first-order valence-electron chi connectivity index (χ1n) is 6.02. The average Bonchev–Trinajstić information content (AvgIpc) is 2.34. The summed E-state index contributed by atoms with van der Waals surface area (Å²) >= 11 is 0. The van der Waals surface area contributed by atoms with E-state index in [1.165, 1.54) is 0 Å². The van der Waals surface area contributed by atoms with Gasteiger partial charge >= 0.3 is 0 Å². The zero-order valence-corrected chi connectivity index (χ0v) is 11.1. The van der Waals surface area contributed by atoms with Crippen molar-refractivity contribution in [2.24, 2.45) is 0 Å². The van der Waals surface area contributed by atoms with Crippen molar-refractivity contribution in [2.75, 3.05) is 19.6 Å². The van der Waals surface area contributed by atoms with Gasteiger partial charge < -0.3 is 16.0 Å². The maximum atomic E-state index is 11.6. The highest BCUT2D eigenvalue weighted by Gasteiger charge is 2.20. The Balaban J connectivity index is 0.00000256. The first kappa shape index (κ1) is 16.2. The fraction of sp³-hybridized carbons (Fsp3) is 0.818. The maximum Gasteiger partial charge on any atom is 0.239 e. The molecule has 1 aliphatic heterocycles. The molecule has 0 saturated carbocycles. The first-order chi connectivity index (χ1) is 7.74. The molecule has 1 atom stereocenters. The largest absolute Gasteiger partial charge is 0.355 e. The molecule has 0 aromatic carbocycles. The Morgan fingerprint density at radius 1 is 1.29 bits per heavy atom. The van der Waals surface area contributed by atoms with E-state index in [1.54, 1.807) is 0 Å². The molecule has 0 aromatic rings. The lowest BCUT2D eigenvalue weighted by molar-refractivity contribution is -0.127. The predicted molar refractivity (Wildman–Crippen MR) is 69.2 cm³/mol. The fourth-order valence-electron chi connectivity index (χ4n) is 1.69. The summed E-state index contributed by atoms with van der Waals surface area (Å²) in [5.41, 5.74) is 0. The number of amides is 2. The maximum absolute atomic E-state index is 11.6. The van der Waals surface area contributed by atoms with Crippen molar-refractivity contribution >= 4 is 24.2 Å². The Bertz CT molecular complexity index is 243. The first-order valence-corrected chi connectivity index (χ1v) is 6.02. The van der Waals surface area contributed by atoms with Crippen LogP contribution in [-0.2, 0) is 9.59 Å². The Morgan fingerprint density at radius 3 is 2.65 bits per heavy atom. The van der Waals surface area contributed by atoms with Gasteiger partial charge in [-0.2, -0.15) is 0 Å². The van der Waals surface area contributed by atoms with E-state index in [0.717, 1.165) is 32.2 Å². The van der Waals surface area contributed by atoms with Crippen molar-refractivity contribution in [3.8, 4) is 0 Å². The summed E-state index contributed by atoms with van der Waals surface area (Å²) in [4.78, 5) is 22.9. The molecule has 0 spiro atoms. The van der Waals surface area contributed by atoms with Crippen LogP contribution in [0.2, 0.25) is 0 Å². The van der Waals surface area contributed by atoms with Gasteiger partial charge in [0.25, 0.3) is 0 Å². The molecule has 1 aliphatic rings. The van der Waals surface area contributed by atoms with Crippen LogP contribution in [0.1, 0.15) is 32.6 Å². The van der Waals surface area contributed by atoms with Crippen LogP contribution in [-0.4, -0.2) is 37.5 Å². The second kappa shape index (κ2) is 9.24. The SMILES string of the molecule is CCCNC(=O)CNC(=O)[C@H]1CCCCN1.Cl. The molecule has 0 aliphatic carbocycles. The van der Waals surface area contributed by atoms with Gasteiger partial charge in [-0.3, -0.25) is 9.59 Å². The van der Waals surface area contributed by atoms with E-state index in [4.69, 9.17) is 0 Å².